The lowest BCUT2D eigenvalue weighted by Gasteiger charge is -2.21. The van der Waals surface area contributed by atoms with Crippen LogP contribution in [0.2, 0.25) is 0 Å². The zero-order chi connectivity index (χ0) is 17.6. The summed E-state index contributed by atoms with van der Waals surface area (Å²) in [4.78, 5) is 18.6. The molecule has 0 radical (unpaired) electrons. The molecule has 3 rings (SSSR count). The lowest BCUT2D eigenvalue weighted by atomic mass is 10.1. The number of amides is 1. The number of hydrogen-bond acceptors (Lipinski definition) is 5. The third-order valence-corrected chi connectivity index (χ3v) is 4.47. The summed E-state index contributed by atoms with van der Waals surface area (Å²) in [5.41, 5.74) is 1.65. The van der Waals surface area contributed by atoms with Crippen molar-refractivity contribution in [2.45, 2.75) is 6.42 Å². The van der Waals surface area contributed by atoms with Crippen LogP contribution in [0.15, 0.2) is 42.6 Å². The van der Waals surface area contributed by atoms with Crippen LogP contribution < -0.4 is 19.7 Å². The van der Waals surface area contributed by atoms with Crippen molar-refractivity contribution in [1.82, 2.24) is 10.3 Å². The monoisotopic (exact) mass is 341 g/mol. The molecule has 1 amide bonds. The Morgan fingerprint density at radius 3 is 2.80 bits per heavy atom. The number of rotatable bonds is 6. The first-order valence-corrected chi connectivity index (χ1v) is 8.37. The molecule has 1 aliphatic heterocycles. The van der Waals surface area contributed by atoms with Crippen LogP contribution in [0, 0.1) is 5.92 Å². The Morgan fingerprint density at radius 2 is 2.08 bits per heavy atom. The summed E-state index contributed by atoms with van der Waals surface area (Å²) in [5, 5.41) is 3.00. The number of pyridine rings is 1. The van der Waals surface area contributed by atoms with Gasteiger partial charge in [0, 0.05) is 31.9 Å². The van der Waals surface area contributed by atoms with Crippen molar-refractivity contribution in [3.8, 4) is 11.6 Å². The van der Waals surface area contributed by atoms with E-state index in [0.717, 1.165) is 30.9 Å². The van der Waals surface area contributed by atoms with Crippen LogP contribution in [0.5, 0.6) is 11.6 Å². The highest BCUT2D eigenvalue weighted by atomic mass is 16.5. The van der Waals surface area contributed by atoms with Crippen molar-refractivity contribution in [3.05, 3.63) is 48.2 Å². The fraction of sp³-hybridized carbons (Fsp3) is 0.368. The lowest BCUT2D eigenvalue weighted by Crippen LogP contribution is -2.31. The van der Waals surface area contributed by atoms with Crippen LogP contribution in [0.25, 0.3) is 0 Å². The van der Waals surface area contributed by atoms with Gasteiger partial charge in [-0.15, -0.1) is 0 Å². The second kappa shape index (κ2) is 7.88. The molecule has 0 aliphatic carbocycles. The van der Waals surface area contributed by atoms with Gasteiger partial charge in [0.15, 0.2) is 0 Å². The van der Waals surface area contributed by atoms with Gasteiger partial charge >= 0.3 is 0 Å². The van der Waals surface area contributed by atoms with Crippen molar-refractivity contribution in [2.75, 3.05) is 38.8 Å². The van der Waals surface area contributed by atoms with Crippen LogP contribution >= 0.6 is 0 Å². The predicted molar refractivity (Wildman–Crippen MR) is 96.4 cm³/mol. The van der Waals surface area contributed by atoms with Crippen molar-refractivity contribution >= 4 is 11.6 Å². The molecule has 1 saturated heterocycles. The molecule has 0 bridgehead atoms. The largest absolute Gasteiger partial charge is 0.495 e. The van der Waals surface area contributed by atoms with Gasteiger partial charge in [-0.3, -0.25) is 4.79 Å². The molecule has 6 nitrogen and oxygen atoms in total. The normalized spacial score (nSPS) is 16.6. The molecule has 132 valence electrons. The zero-order valence-corrected chi connectivity index (χ0v) is 14.6. The Hall–Kier alpha value is -2.76. The number of nitrogens with zero attached hydrogens (tertiary/aromatic N) is 2. The van der Waals surface area contributed by atoms with E-state index in [9.17, 15) is 4.79 Å². The molecule has 1 atom stereocenters. The Kier molecular flexibility index (Phi) is 5.38. The van der Waals surface area contributed by atoms with Gasteiger partial charge in [0.05, 0.1) is 25.5 Å². The highest BCUT2D eigenvalue weighted by molar-refractivity contribution is 5.93. The minimum Gasteiger partial charge on any atom is -0.495 e. The summed E-state index contributed by atoms with van der Waals surface area (Å²) < 4.78 is 10.4. The van der Waals surface area contributed by atoms with Gasteiger partial charge in [-0.1, -0.05) is 12.1 Å². The summed E-state index contributed by atoms with van der Waals surface area (Å²) in [7, 11) is 3.24. The maximum atomic E-state index is 12.2. The van der Waals surface area contributed by atoms with Crippen LogP contribution in [-0.4, -0.2) is 44.7 Å². The Bertz CT molecular complexity index is 718. The topological polar surface area (TPSA) is 63.7 Å². The van der Waals surface area contributed by atoms with Crippen molar-refractivity contribution in [3.63, 3.8) is 0 Å². The van der Waals surface area contributed by atoms with E-state index in [1.807, 2.05) is 18.2 Å². The lowest BCUT2D eigenvalue weighted by molar-refractivity contribution is 0.0948. The molecule has 25 heavy (non-hydrogen) atoms. The molecule has 1 unspecified atom stereocenters. The van der Waals surface area contributed by atoms with Gasteiger partial charge < -0.3 is 19.7 Å². The van der Waals surface area contributed by atoms with Gasteiger partial charge in [0.25, 0.3) is 5.91 Å². The second-order valence-corrected chi connectivity index (χ2v) is 6.07. The van der Waals surface area contributed by atoms with Gasteiger partial charge in [-0.25, -0.2) is 4.98 Å². The third-order valence-electron chi connectivity index (χ3n) is 4.47. The standard InChI is InChI=1S/C19H23N3O3/c1-24-17-6-4-3-5-16(17)22-10-9-14(13-22)11-21-19(23)15-7-8-18(25-2)20-12-15/h3-8,12,14H,9-11,13H2,1-2H3,(H,21,23). The SMILES string of the molecule is COc1ccc(C(=O)NCC2CCN(c3ccccc3OC)C2)cn1. The summed E-state index contributed by atoms with van der Waals surface area (Å²) in [5.74, 6) is 1.70. The van der Waals surface area contributed by atoms with Crippen molar-refractivity contribution < 1.29 is 14.3 Å². The molecule has 6 heteroatoms. The third kappa shape index (κ3) is 4.02. The van der Waals surface area contributed by atoms with Crippen molar-refractivity contribution in [1.29, 1.82) is 0 Å². The van der Waals surface area contributed by atoms with Gasteiger partial charge in [0.1, 0.15) is 5.75 Å². The number of aromatic nitrogens is 1. The molecule has 0 saturated carbocycles. The van der Waals surface area contributed by atoms with E-state index in [1.165, 1.54) is 6.20 Å². The van der Waals surface area contributed by atoms with Crippen LogP contribution in [0.4, 0.5) is 5.69 Å². The highest BCUT2D eigenvalue weighted by Gasteiger charge is 2.25. The molecule has 0 spiro atoms. The molecule has 1 N–H and O–H groups in total. The predicted octanol–water partition coefficient (Wildman–Crippen LogP) is 2.36. The maximum absolute atomic E-state index is 12.2. The van der Waals surface area contributed by atoms with E-state index >= 15 is 0 Å². The average molecular weight is 341 g/mol. The number of hydrogen-bond donors (Lipinski definition) is 1. The van der Waals surface area contributed by atoms with E-state index < -0.39 is 0 Å². The number of para-hydroxylation sites is 2. The Balaban J connectivity index is 1.53. The zero-order valence-electron chi connectivity index (χ0n) is 14.6. The molecule has 1 aliphatic rings. The number of carbonyl (C=O) groups excluding carboxylic acids is 1. The summed E-state index contributed by atoms with van der Waals surface area (Å²) >= 11 is 0. The molecule has 1 aromatic heterocycles. The minimum atomic E-state index is -0.106. The van der Waals surface area contributed by atoms with Crippen LogP contribution in [0.3, 0.4) is 0 Å². The van der Waals surface area contributed by atoms with E-state index in [1.54, 1.807) is 26.4 Å². The molecule has 2 aromatic rings. The van der Waals surface area contributed by atoms with E-state index in [4.69, 9.17) is 9.47 Å². The van der Waals surface area contributed by atoms with E-state index in [2.05, 4.69) is 21.3 Å². The molecular formula is C19H23N3O3. The second-order valence-electron chi connectivity index (χ2n) is 6.07. The smallest absolute Gasteiger partial charge is 0.252 e. The highest BCUT2D eigenvalue weighted by Crippen LogP contribution is 2.31. The number of anilines is 1. The van der Waals surface area contributed by atoms with E-state index in [-0.39, 0.29) is 5.91 Å². The summed E-state index contributed by atoms with van der Waals surface area (Å²) in [6.07, 6.45) is 2.57. The quantitative estimate of drug-likeness (QED) is 0.874. The number of nitrogens with one attached hydrogen (secondary N) is 1. The Labute approximate surface area is 147 Å². The van der Waals surface area contributed by atoms with E-state index in [0.29, 0.717) is 23.9 Å². The fourth-order valence-corrected chi connectivity index (χ4v) is 3.08. The minimum absolute atomic E-state index is 0.106. The first kappa shape index (κ1) is 17.1. The number of methoxy groups -OCH3 is 2. The molecular weight excluding hydrogens is 318 g/mol. The van der Waals surface area contributed by atoms with Gasteiger partial charge in [-0.2, -0.15) is 0 Å². The fourth-order valence-electron chi connectivity index (χ4n) is 3.08. The first-order chi connectivity index (χ1) is 12.2. The maximum Gasteiger partial charge on any atom is 0.252 e. The summed E-state index contributed by atoms with van der Waals surface area (Å²) in [6, 6.07) is 11.4. The van der Waals surface area contributed by atoms with Gasteiger partial charge in [0.2, 0.25) is 5.88 Å². The molecule has 2 heterocycles. The molecule has 1 aromatic carbocycles. The van der Waals surface area contributed by atoms with Crippen LogP contribution in [0.1, 0.15) is 16.8 Å². The number of ether oxygens (including phenoxy) is 2. The summed E-state index contributed by atoms with van der Waals surface area (Å²) in [6.45, 7) is 2.52. The first-order valence-electron chi connectivity index (χ1n) is 8.37. The number of benzene rings is 1. The molecule has 1 fully saturated rings. The van der Waals surface area contributed by atoms with Crippen molar-refractivity contribution in [2.24, 2.45) is 5.92 Å². The average Bonchev–Trinajstić information content (AvgIpc) is 3.15. The van der Waals surface area contributed by atoms with Gasteiger partial charge in [-0.05, 0) is 30.5 Å². The number of carbonyl (C=O) groups is 1. The van der Waals surface area contributed by atoms with Crippen LogP contribution in [-0.2, 0) is 0 Å². The Morgan fingerprint density at radius 1 is 1.24 bits per heavy atom.